The van der Waals surface area contributed by atoms with Gasteiger partial charge < -0.3 is 10.6 Å². The minimum absolute atomic E-state index is 0.114. The van der Waals surface area contributed by atoms with Gasteiger partial charge in [0.25, 0.3) is 5.91 Å². The third-order valence-electron chi connectivity index (χ3n) is 5.19. The van der Waals surface area contributed by atoms with Crippen molar-refractivity contribution in [2.45, 2.75) is 39.2 Å². The molecule has 1 saturated heterocycles. The topological polar surface area (TPSA) is 91.4 Å². The van der Waals surface area contributed by atoms with Gasteiger partial charge in [-0.3, -0.25) is 14.5 Å². The number of anilines is 1. The first-order valence-electron chi connectivity index (χ1n) is 9.39. The fourth-order valence-electron chi connectivity index (χ4n) is 3.20. The number of nitrogens with one attached hydrogen (secondary N) is 2. The lowest BCUT2D eigenvalue weighted by atomic mass is 9.90. The summed E-state index contributed by atoms with van der Waals surface area (Å²) in [5, 5.41) is 5.77. The summed E-state index contributed by atoms with van der Waals surface area (Å²) in [7, 11) is 0. The van der Waals surface area contributed by atoms with Crippen LogP contribution < -0.4 is 10.6 Å². The zero-order valence-electron chi connectivity index (χ0n) is 17.0. The fraction of sp³-hybridized carbons (Fsp3) is 0.333. The quantitative estimate of drug-likeness (QED) is 0.669. The van der Waals surface area contributed by atoms with Crippen molar-refractivity contribution in [1.29, 1.82) is 0 Å². The SMILES string of the molecule is Cc1c(Cl)cnc(NC(=O)CN2C(=O)NC(C)(c3ccc(C(C)C)cc3)C2=O)c1Cl. The van der Waals surface area contributed by atoms with Gasteiger partial charge in [0, 0.05) is 6.20 Å². The van der Waals surface area contributed by atoms with Crippen LogP contribution in [0.1, 0.15) is 43.4 Å². The first-order valence-corrected chi connectivity index (χ1v) is 10.1. The Morgan fingerprint density at radius 2 is 1.87 bits per heavy atom. The second-order valence-electron chi connectivity index (χ2n) is 7.67. The van der Waals surface area contributed by atoms with E-state index in [9.17, 15) is 14.4 Å². The Morgan fingerprint density at radius 3 is 2.47 bits per heavy atom. The molecule has 1 aliphatic rings. The average molecular weight is 449 g/mol. The molecule has 3 rings (SSSR count). The molecule has 9 heteroatoms. The van der Waals surface area contributed by atoms with E-state index in [0.717, 1.165) is 10.5 Å². The summed E-state index contributed by atoms with van der Waals surface area (Å²) in [5.41, 5.74) is 1.08. The maximum absolute atomic E-state index is 13.0. The highest BCUT2D eigenvalue weighted by atomic mass is 35.5. The second kappa shape index (κ2) is 8.24. The predicted octanol–water partition coefficient (Wildman–Crippen LogP) is 4.23. The lowest BCUT2D eigenvalue weighted by Crippen LogP contribution is -2.42. The molecule has 2 N–H and O–H groups in total. The zero-order valence-corrected chi connectivity index (χ0v) is 18.6. The number of nitrogens with zero attached hydrogens (tertiary/aromatic N) is 2. The van der Waals surface area contributed by atoms with Gasteiger partial charge in [-0.1, -0.05) is 61.3 Å². The van der Waals surface area contributed by atoms with E-state index in [1.54, 1.807) is 13.8 Å². The number of hydrogen-bond acceptors (Lipinski definition) is 4. The Kier molecular flexibility index (Phi) is 6.06. The minimum Gasteiger partial charge on any atom is -0.319 e. The third kappa shape index (κ3) is 4.00. The van der Waals surface area contributed by atoms with Crippen molar-refractivity contribution in [1.82, 2.24) is 15.2 Å². The Bertz CT molecular complexity index is 1020. The standard InChI is InChI=1S/C21H22Cl2N4O3/c1-11(2)13-5-7-14(8-6-13)21(4)19(29)27(20(30)26-21)10-16(28)25-18-17(23)12(3)15(22)9-24-18/h5-9,11H,10H2,1-4H3,(H,26,30)(H,24,25,28). The summed E-state index contributed by atoms with van der Waals surface area (Å²) >= 11 is 12.1. The molecule has 4 amide bonds. The average Bonchev–Trinajstić information content (AvgIpc) is 2.92. The van der Waals surface area contributed by atoms with E-state index in [4.69, 9.17) is 23.2 Å². The number of hydrogen-bond donors (Lipinski definition) is 2. The molecule has 1 atom stereocenters. The van der Waals surface area contributed by atoms with Crippen LogP contribution in [-0.2, 0) is 15.1 Å². The van der Waals surface area contributed by atoms with Crippen LogP contribution in [0.25, 0.3) is 0 Å². The third-order valence-corrected chi connectivity index (χ3v) is 6.04. The summed E-state index contributed by atoms with van der Waals surface area (Å²) in [6.07, 6.45) is 1.37. The molecule has 0 aliphatic carbocycles. The normalized spacial score (nSPS) is 18.7. The fourth-order valence-corrected chi connectivity index (χ4v) is 3.59. The van der Waals surface area contributed by atoms with E-state index in [-0.39, 0.29) is 10.8 Å². The molecule has 1 aromatic heterocycles. The van der Waals surface area contributed by atoms with Crippen LogP contribution in [0.3, 0.4) is 0 Å². The van der Waals surface area contributed by atoms with Crippen molar-refractivity contribution in [3.63, 3.8) is 0 Å². The maximum Gasteiger partial charge on any atom is 0.325 e. The monoisotopic (exact) mass is 448 g/mol. The Hall–Kier alpha value is -2.64. The second-order valence-corrected chi connectivity index (χ2v) is 8.45. The number of pyridine rings is 1. The van der Waals surface area contributed by atoms with E-state index in [0.29, 0.717) is 22.1 Å². The number of carbonyl (C=O) groups excluding carboxylic acids is 3. The Balaban J connectivity index is 1.76. The summed E-state index contributed by atoms with van der Waals surface area (Å²) < 4.78 is 0. The van der Waals surface area contributed by atoms with Crippen LogP contribution in [0.15, 0.2) is 30.5 Å². The Morgan fingerprint density at radius 1 is 1.23 bits per heavy atom. The summed E-state index contributed by atoms with van der Waals surface area (Å²) in [6.45, 7) is 6.99. The highest BCUT2D eigenvalue weighted by Gasteiger charge is 2.49. The number of amides is 4. The van der Waals surface area contributed by atoms with Crippen LogP contribution in [-0.4, -0.2) is 34.3 Å². The van der Waals surface area contributed by atoms with Crippen LogP contribution in [0.4, 0.5) is 10.6 Å². The molecule has 30 heavy (non-hydrogen) atoms. The molecule has 0 spiro atoms. The van der Waals surface area contributed by atoms with E-state index >= 15 is 0 Å². The molecule has 1 fully saturated rings. The number of halogens is 2. The molecule has 0 saturated carbocycles. The molecule has 0 bridgehead atoms. The number of urea groups is 1. The van der Waals surface area contributed by atoms with Crippen molar-refractivity contribution in [2.24, 2.45) is 0 Å². The summed E-state index contributed by atoms with van der Waals surface area (Å²) in [4.78, 5) is 42.8. The highest BCUT2D eigenvalue weighted by molar-refractivity contribution is 6.37. The number of rotatable bonds is 5. The molecule has 7 nitrogen and oxygen atoms in total. The molecule has 1 aliphatic heterocycles. The molecule has 1 unspecified atom stereocenters. The van der Waals surface area contributed by atoms with E-state index < -0.39 is 29.9 Å². The predicted molar refractivity (Wildman–Crippen MR) is 116 cm³/mol. The van der Waals surface area contributed by atoms with Gasteiger partial charge in [0.1, 0.15) is 12.1 Å². The Labute approximate surface area is 184 Å². The van der Waals surface area contributed by atoms with Gasteiger partial charge in [-0.05, 0) is 36.5 Å². The maximum atomic E-state index is 13.0. The lowest BCUT2D eigenvalue weighted by molar-refractivity contribution is -0.133. The first-order chi connectivity index (χ1) is 14.0. The van der Waals surface area contributed by atoms with Crippen molar-refractivity contribution in [3.05, 3.63) is 57.2 Å². The highest BCUT2D eigenvalue weighted by Crippen LogP contribution is 2.31. The van der Waals surface area contributed by atoms with Gasteiger partial charge in [0.15, 0.2) is 5.82 Å². The van der Waals surface area contributed by atoms with Crippen LogP contribution in [0.2, 0.25) is 10.0 Å². The van der Waals surface area contributed by atoms with Gasteiger partial charge >= 0.3 is 6.03 Å². The van der Waals surface area contributed by atoms with Gasteiger partial charge in [-0.15, -0.1) is 0 Å². The molecule has 0 radical (unpaired) electrons. The van der Waals surface area contributed by atoms with Crippen LogP contribution in [0.5, 0.6) is 0 Å². The minimum atomic E-state index is -1.25. The number of aromatic nitrogens is 1. The number of imide groups is 1. The molecule has 2 heterocycles. The first kappa shape index (κ1) is 22.1. The number of carbonyl (C=O) groups is 3. The van der Waals surface area contributed by atoms with Crippen molar-refractivity contribution < 1.29 is 14.4 Å². The van der Waals surface area contributed by atoms with E-state index in [2.05, 4.69) is 29.5 Å². The van der Waals surface area contributed by atoms with Gasteiger partial charge in [-0.25, -0.2) is 9.78 Å². The molecule has 1 aromatic carbocycles. The molecular formula is C21H22Cl2N4O3. The van der Waals surface area contributed by atoms with Crippen LogP contribution in [0, 0.1) is 6.92 Å². The van der Waals surface area contributed by atoms with Crippen LogP contribution >= 0.6 is 23.2 Å². The number of benzene rings is 1. The zero-order chi connectivity index (χ0) is 22.2. The van der Waals surface area contributed by atoms with E-state index in [1.165, 1.54) is 6.20 Å². The van der Waals surface area contributed by atoms with Gasteiger partial charge in [-0.2, -0.15) is 0 Å². The van der Waals surface area contributed by atoms with Crippen molar-refractivity contribution in [3.8, 4) is 0 Å². The smallest absolute Gasteiger partial charge is 0.319 e. The lowest BCUT2D eigenvalue weighted by Gasteiger charge is -2.22. The summed E-state index contributed by atoms with van der Waals surface area (Å²) in [6, 6.07) is 6.85. The van der Waals surface area contributed by atoms with Crippen molar-refractivity contribution >= 4 is 46.9 Å². The van der Waals surface area contributed by atoms with Gasteiger partial charge in [0.2, 0.25) is 5.91 Å². The largest absolute Gasteiger partial charge is 0.325 e. The molecule has 2 aromatic rings. The molecule has 158 valence electrons. The van der Waals surface area contributed by atoms with Crippen molar-refractivity contribution in [2.75, 3.05) is 11.9 Å². The van der Waals surface area contributed by atoms with E-state index in [1.807, 2.05) is 24.3 Å². The van der Waals surface area contributed by atoms with Gasteiger partial charge in [0.05, 0.1) is 10.0 Å². The summed E-state index contributed by atoms with van der Waals surface area (Å²) in [5.74, 6) is -0.652. The molecular weight excluding hydrogens is 427 g/mol.